The molecule has 116 valence electrons. The van der Waals surface area contributed by atoms with Gasteiger partial charge in [0.2, 0.25) is 0 Å². The Kier molecular flexibility index (Phi) is 5.81. The molecule has 1 aliphatic rings. The van der Waals surface area contributed by atoms with E-state index in [9.17, 15) is 14.7 Å². The lowest BCUT2D eigenvalue weighted by Crippen LogP contribution is -2.29. The molecular formula is C14H12INO4S2. The zero-order valence-corrected chi connectivity index (χ0v) is 15.1. The standard InChI is InChI=1S/C14H12INO4S2/c15-9-4-3-8(6-10(9)17)7-11-13(20)16(14(21)22-11)5-1-2-12(18)19/h3-4,6-7,17H,1-2,5H2,(H,18,19). The van der Waals surface area contributed by atoms with Crippen LogP contribution in [0.2, 0.25) is 0 Å². The van der Waals surface area contributed by atoms with Crippen LogP contribution in [0.3, 0.4) is 0 Å². The third-order valence-corrected chi connectivity index (χ3v) is 5.20. The number of hydrogen-bond donors (Lipinski definition) is 2. The monoisotopic (exact) mass is 449 g/mol. The highest BCUT2D eigenvalue weighted by atomic mass is 127. The van der Waals surface area contributed by atoms with E-state index in [2.05, 4.69) is 0 Å². The van der Waals surface area contributed by atoms with Crippen LogP contribution in [0, 0.1) is 3.57 Å². The van der Waals surface area contributed by atoms with Gasteiger partial charge in [0.05, 0.1) is 8.48 Å². The van der Waals surface area contributed by atoms with Gasteiger partial charge in [-0.2, -0.15) is 0 Å². The number of phenolic OH excluding ortho intramolecular Hbond substituents is 1. The highest BCUT2D eigenvalue weighted by Gasteiger charge is 2.31. The quantitative estimate of drug-likeness (QED) is 0.409. The topological polar surface area (TPSA) is 77.8 Å². The number of thiocarbonyl (C=S) groups is 1. The number of phenols is 1. The molecule has 22 heavy (non-hydrogen) atoms. The number of carbonyl (C=O) groups is 2. The van der Waals surface area contributed by atoms with E-state index in [1.807, 2.05) is 22.6 Å². The number of benzene rings is 1. The van der Waals surface area contributed by atoms with Gasteiger partial charge < -0.3 is 10.2 Å². The van der Waals surface area contributed by atoms with Crippen LogP contribution >= 0.6 is 46.6 Å². The Bertz CT molecular complexity index is 675. The van der Waals surface area contributed by atoms with E-state index in [-0.39, 0.29) is 18.1 Å². The van der Waals surface area contributed by atoms with Crippen LogP contribution in [0.4, 0.5) is 0 Å². The number of halogens is 1. The predicted molar refractivity (Wildman–Crippen MR) is 97.6 cm³/mol. The molecule has 1 heterocycles. The molecular weight excluding hydrogens is 437 g/mol. The van der Waals surface area contributed by atoms with Gasteiger partial charge in [0.25, 0.3) is 5.91 Å². The van der Waals surface area contributed by atoms with Crippen molar-refractivity contribution in [3.8, 4) is 5.75 Å². The average molecular weight is 449 g/mol. The van der Waals surface area contributed by atoms with Crippen LogP contribution in [-0.4, -0.2) is 37.9 Å². The number of carboxylic acids is 1. The Hall–Kier alpha value is -1.13. The third kappa shape index (κ3) is 4.20. The molecule has 1 aliphatic heterocycles. The van der Waals surface area contributed by atoms with Gasteiger partial charge in [0.1, 0.15) is 10.1 Å². The maximum Gasteiger partial charge on any atom is 0.303 e. The maximum absolute atomic E-state index is 12.3. The van der Waals surface area contributed by atoms with E-state index in [1.165, 1.54) is 16.7 Å². The highest BCUT2D eigenvalue weighted by molar-refractivity contribution is 14.1. The van der Waals surface area contributed by atoms with Crippen LogP contribution < -0.4 is 0 Å². The maximum atomic E-state index is 12.3. The van der Waals surface area contributed by atoms with E-state index in [0.717, 1.165) is 3.57 Å². The predicted octanol–water partition coefficient (Wildman–Crippen LogP) is 3.06. The molecule has 0 radical (unpaired) electrons. The van der Waals surface area contributed by atoms with Crippen molar-refractivity contribution in [2.75, 3.05) is 6.54 Å². The fourth-order valence-corrected chi connectivity index (χ4v) is 3.50. The van der Waals surface area contributed by atoms with Crippen molar-refractivity contribution in [2.45, 2.75) is 12.8 Å². The van der Waals surface area contributed by atoms with Gasteiger partial charge >= 0.3 is 5.97 Å². The number of amides is 1. The molecule has 5 nitrogen and oxygen atoms in total. The van der Waals surface area contributed by atoms with Gasteiger partial charge in [0.15, 0.2) is 0 Å². The molecule has 2 N–H and O–H groups in total. The summed E-state index contributed by atoms with van der Waals surface area (Å²) in [6.07, 6.45) is 2.03. The van der Waals surface area contributed by atoms with Gasteiger partial charge in [-0.25, -0.2) is 0 Å². The normalized spacial score (nSPS) is 16.6. The van der Waals surface area contributed by atoms with Crippen molar-refractivity contribution < 1.29 is 19.8 Å². The first-order valence-electron chi connectivity index (χ1n) is 6.34. The SMILES string of the molecule is O=C(O)CCCN1C(=O)C(=Cc2ccc(I)c(O)c2)SC1=S. The molecule has 0 aliphatic carbocycles. The molecule has 0 unspecified atom stereocenters. The molecule has 1 amide bonds. The fourth-order valence-electron chi connectivity index (χ4n) is 1.85. The van der Waals surface area contributed by atoms with E-state index >= 15 is 0 Å². The van der Waals surface area contributed by atoms with E-state index in [0.29, 0.717) is 27.8 Å². The number of thioether (sulfide) groups is 1. The molecule has 0 spiro atoms. The molecule has 2 rings (SSSR count). The zero-order chi connectivity index (χ0) is 16.3. The van der Waals surface area contributed by atoms with Crippen LogP contribution in [0.5, 0.6) is 5.75 Å². The van der Waals surface area contributed by atoms with Crippen molar-refractivity contribution in [3.63, 3.8) is 0 Å². The Balaban J connectivity index is 2.11. The van der Waals surface area contributed by atoms with Crippen molar-refractivity contribution in [1.82, 2.24) is 4.90 Å². The molecule has 0 aromatic heterocycles. The van der Waals surface area contributed by atoms with E-state index < -0.39 is 5.97 Å². The lowest BCUT2D eigenvalue weighted by molar-refractivity contribution is -0.137. The van der Waals surface area contributed by atoms with Gasteiger partial charge in [-0.05, 0) is 52.8 Å². The Morgan fingerprint density at radius 3 is 2.82 bits per heavy atom. The highest BCUT2D eigenvalue weighted by Crippen LogP contribution is 2.33. The van der Waals surface area contributed by atoms with Crippen molar-refractivity contribution in [1.29, 1.82) is 0 Å². The van der Waals surface area contributed by atoms with Crippen molar-refractivity contribution in [2.24, 2.45) is 0 Å². The zero-order valence-electron chi connectivity index (χ0n) is 11.3. The van der Waals surface area contributed by atoms with Gasteiger partial charge in [-0.15, -0.1) is 0 Å². The third-order valence-electron chi connectivity index (χ3n) is 2.91. The first-order valence-corrected chi connectivity index (χ1v) is 8.64. The summed E-state index contributed by atoms with van der Waals surface area (Å²) >= 11 is 8.37. The van der Waals surface area contributed by atoms with Gasteiger partial charge in [0, 0.05) is 13.0 Å². The first kappa shape index (κ1) is 17.2. The number of carboxylic acid groups (broad SMARTS) is 1. The number of carbonyl (C=O) groups excluding carboxylic acids is 1. The fraction of sp³-hybridized carbons (Fsp3) is 0.214. The molecule has 1 saturated heterocycles. The Morgan fingerprint density at radius 1 is 1.45 bits per heavy atom. The van der Waals surface area contributed by atoms with Crippen molar-refractivity contribution in [3.05, 3.63) is 32.2 Å². The second-order valence-corrected chi connectivity index (χ2v) is 7.38. The number of rotatable bonds is 5. The van der Waals surface area contributed by atoms with Crippen LogP contribution in [0.1, 0.15) is 18.4 Å². The summed E-state index contributed by atoms with van der Waals surface area (Å²) in [5, 5.41) is 18.3. The summed E-state index contributed by atoms with van der Waals surface area (Å²) in [6, 6.07) is 5.15. The average Bonchev–Trinajstić information content (AvgIpc) is 2.70. The lowest BCUT2D eigenvalue weighted by Gasteiger charge is -2.13. The summed E-state index contributed by atoms with van der Waals surface area (Å²) in [5.74, 6) is -0.958. The van der Waals surface area contributed by atoms with Crippen molar-refractivity contribution >= 4 is 68.8 Å². The molecule has 1 fully saturated rings. The summed E-state index contributed by atoms with van der Waals surface area (Å²) in [6.45, 7) is 0.298. The minimum Gasteiger partial charge on any atom is -0.507 e. The van der Waals surface area contributed by atoms with Gasteiger partial charge in [-0.3, -0.25) is 14.5 Å². The summed E-state index contributed by atoms with van der Waals surface area (Å²) < 4.78 is 1.16. The lowest BCUT2D eigenvalue weighted by atomic mass is 10.2. The molecule has 8 heteroatoms. The summed E-state index contributed by atoms with van der Waals surface area (Å²) in [4.78, 5) is 24.7. The summed E-state index contributed by atoms with van der Waals surface area (Å²) in [5.41, 5.74) is 0.712. The van der Waals surface area contributed by atoms with Gasteiger partial charge in [-0.1, -0.05) is 30.0 Å². The molecule has 0 bridgehead atoms. The second kappa shape index (κ2) is 7.42. The summed E-state index contributed by atoms with van der Waals surface area (Å²) in [7, 11) is 0. The van der Waals surface area contributed by atoms with Crippen LogP contribution in [-0.2, 0) is 9.59 Å². The largest absolute Gasteiger partial charge is 0.507 e. The van der Waals surface area contributed by atoms with E-state index in [4.69, 9.17) is 17.3 Å². The number of hydrogen-bond acceptors (Lipinski definition) is 5. The number of aromatic hydroxyl groups is 1. The number of nitrogens with zero attached hydrogens (tertiary/aromatic N) is 1. The second-order valence-electron chi connectivity index (χ2n) is 4.54. The van der Waals surface area contributed by atoms with Crippen LogP contribution in [0.25, 0.3) is 6.08 Å². The van der Waals surface area contributed by atoms with E-state index in [1.54, 1.807) is 24.3 Å². The van der Waals surface area contributed by atoms with Crippen LogP contribution in [0.15, 0.2) is 23.1 Å². The molecule has 1 aromatic rings. The minimum absolute atomic E-state index is 0.00109. The Labute approximate surface area is 150 Å². The first-order chi connectivity index (χ1) is 10.4. The molecule has 1 aromatic carbocycles. The smallest absolute Gasteiger partial charge is 0.303 e. The number of aliphatic carboxylic acids is 1. The minimum atomic E-state index is -0.893. The molecule has 0 atom stereocenters. The Morgan fingerprint density at radius 2 is 2.18 bits per heavy atom. The molecule has 0 saturated carbocycles.